The standard InChI is InChI=1S/C5H8ClO/c1-2-7-5-3-4-6/h3-4H,1-2,5H2/b4-3+. The van der Waals surface area contributed by atoms with E-state index in [1.807, 2.05) is 0 Å². The summed E-state index contributed by atoms with van der Waals surface area (Å²) in [7, 11) is 0. The molecule has 0 amide bonds. The highest BCUT2D eigenvalue weighted by atomic mass is 35.5. The highest BCUT2D eigenvalue weighted by Gasteiger charge is 1.70. The molecule has 0 bridgehead atoms. The molecule has 1 radical (unpaired) electrons. The first-order valence-electron chi connectivity index (χ1n) is 2.04. The molecule has 0 atom stereocenters. The van der Waals surface area contributed by atoms with E-state index in [0.717, 1.165) is 0 Å². The summed E-state index contributed by atoms with van der Waals surface area (Å²) in [6, 6.07) is 0. The second kappa shape index (κ2) is 5.99. The van der Waals surface area contributed by atoms with Crippen LogP contribution in [0, 0.1) is 6.92 Å². The van der Waals surface area contributed by atoms with Gasteiger partial charge >= 0.3 is 0 Å². The number of rotatable bonds is 3. The molecule has 0 aliphatic rings. The summed E-state index contributed by atoms with van der Waals surface area (Å²) < 4.78 is 4.79. The molecule has 0 heterocycles. The van der Waals surface area contributed by atoms with Crippen molar-refractivity contribution in [3.8, 4) is 0 Å². The van der Waals surface area contributed by atoms with Gasteiger partial charge in [0.15, 0.2) is 0 Å². The minimum atomic E-state index is 0.501. The van der Waals surface area contributed by atoms with Crippen molar-refractivity contribution in [2.45, 2.75) is 0 Å². The number of hydrogen-bond donors (Lipinski definition) is 0. The summed E-state index contributed by atoms with van der Waals surface area (Å²) in [4.78, 5) is 0. The molecule has 0 aliphatic heterocycles. The van der Waals surface area contributed by atoms with Crippen LogP contribution in [0.3, 0.4) is 0 Å². The van der Waals surface area contributed by atoms with Gasteiger partial charge in [0.1, 0.15) is 0 Å². The van der Waals surface area contributed by atoms with Crippen molar-refractivity contribution >= 4 is 11.6 Å². The predicted molar refractivity (Wildman–Crippen MR) is 31.2 cm³/mol. The van der Waals surface area contributed by atoms with Gasteiger partial charge in [0, 0.05) is 12.1 Å². The van der Waals surface area contributed by atoms with Crippen LogP contribution in [0.5, 0.6) is 0 Å². The van der Waals surface area contributed by atoms with Crippen LogP contribution in [-0.2, 0) is 4.74 Å². The van der Waals surface area contributed by atoms with E-state index in [2.05, 4.69) is 6.92 Å². The second-order valence-corrected chi connectivity index (χ2v) is 1.19. The van der Waals surface area contributed by atoms with Crippen molar-refractivity contribution in [2.75, 3.05) is 13.2 Å². The first-order chi connectivity index (χ1) is 3.41. The zero-order valence-electron chi connectivity index (χ0n) is 4.06. The third kappa shape index (κ3) is 5.99. The van der Waals surface area contributed by atoms with Gasteiger partial charge < -0.3 is 4.74 Å². The Hall–Kier alpha value is -0.0100. The van der Waals surface area contributed by atoms with E-state index in [1.165, 1.54) is 5.54 Å². The molecular weight excluding hydrogens is 112 g/mol. The van der Waals surface area contributed by atoms with E-state index in [0.29, 0.717) is 13.2 Å². The van der Waals surface area contributed by atoms with Crippen LogP contribution in [-0.4, -0.2) is 13.2 Å². The molecule has 0 rings (SSSR count). The summed E-state index contributed by atoms with van der Waals surface area (Å²) in [5.41, 5.74) is 1.43. The average molecular weight is 120 g/mol. The Balaban J connectivity index is 2.69. The van der Waals surface area contributed by atoms with Crippen LogP contribution in [0.4, 0.5) is 0 Å². The van der Waals surface area contributed by atoms with Crippen molar-refractivity contribution in [1.29, 1.82) is 0 Å². The molecular formula is C5H8ClO. The lowest BCUT2D eigenvalue weighted by molar-refractivity contribution is 0.192. The SMILES string of the molecule is [CH2]COC/C=C/Cl. The van der Waals surface area contributed by atoms with Crippen LogP contribution >= 0.6 is 11.6 Å². The summed E-state index contributed by atoms with van der Waals surface area (Å²) in [6.45, 7) is 4.52. The van der Waals surface area contributed by atoms with Crippen molar-refractivity contribution in [1.82, 2.24) is 0 Å². The minimum Gasteiger partial charge on any atom is -0.377 e. The summed E-state index contributed by atoms with van der Waals surface area (Å²) in [5.74, 6) is 0. The summed E-state index contributed by atoms with van der Waals surface area (Å²) in [5, 5.41) is 0. The van der Waals surface area contributed by atoms with Crippen LogP contribution < -0.4 is 0 Å². The fourth-order valence-electron chi connectivity index (χ4n) is 0.188. The van der Waals surface area contributed by atoms with Crippen molar-refractivity contribution in [3.05, 3.63) is 18.5 Å². The Kier molecular flexibility index (Phi) is 5.98. The third-order valence-electron chi connectivity index (χ3n) is 0.448. The minimum absolute atomic E-state index is 0.501. The maximum absolute atomic E-state index is 5.16. The molecule has 41 valence electrons. The Morgan fingerprint density at radius 2 is 2.43 bits per heavy atom. The molecule has 0 N–H and O–H groups in total. The van der Waals surface area contributed by atoms with Crippen molar-refractivity contribution in [2.24, 2.45) is 0 Å². The molecule has 1 nitrogen and oxygen atoms in total. The van der Waals surface area contributed by atoms with Crippen LogP contribution in [0.2, 0.25) is 0 Å². The van der Waals surface area contributed by atoms with E-state index < -0.39 is 0 Å². The molecule has 0 saturated heterocycles. The third-order valence-corrected chi connectivity index (χ3v) is 0.626. The predicted octanol–water partition coefficient (Wildman–Crippen LogP) is 1.59. The molecule has 0 aromatic rings. The van der Waals surface area contributed by atoms with Gasteiger partial charge in [0.05, 0.1) is 6.61 Å². The Labute approximate surface area is 48.9 Å². The molecule has 0 aromatic heterocycles. The topological polar surface area (TPSA) is 9.23 Å². The van der Waals surface area contributed by atoms with E-state index in [4.69, 9.17) is 16.3 Å². The first-order valence-corrected chi connectivity index (χ1v) is 2.47. The zero-order valence-corrected chi connectivity index (χ0v) is 4.82. The Morgan fingerprint density at radius 1 is 1.71 bits per heavy atom. The van der Waals surface area contributed by atoms with Crippen molar-refractivity contribution < 1.29 is 4.74 Å². The molecule has 0 unspecified atom stereocenters. The lowest BCUT2D eigenvalue weighted by atomic mass is 10.7. The quantitative estimate of drug-likeness (QED) is 0.513. The van der Waals surface area contributed by atoms with Crippen molar-refractivity contribution in [3.63, 3.8) is 0 Å². The van der Waals surface area contributed by atoms with E-state index in [-0.39, 0.29) is 0 Å². The number of hydrogen-bond acceptors (Lipinski definition) is 1. The highest BCUT2D eigenvalue weighted by Crippen LogP contribution is 1.78. The maximum Gasteiger partial charge on any atom is 0.0658 e. The Morgan fingerprint density at radius 3 is 2.86 bits per heavy atom. The molecule has 7 heavy (non-hydrogen) atoms. The number of halogens is 1. The van der Waals surface area contributed by atoms with Gasteiger partial charge in [0.25, 0.3) is 0 Å². The van der Waals surface area contributed by atoms with Crippen LogP contribution in [0.25, 0.3) is 0 Å². The van der Waals surface area contributed by atoms with Gasteiger partial charge in [-0.05, 0) is 13.0 Å². The lowest BCUT2D eigenvalue weighted by Crippen LogP contribution is -1.87. The van der Waals surface area contributed by atoms with E-state index >= 15 is 0 Å². The molecule has 0 aliphatic carbocycles. The molecule has 0 fully saturated rings. The van der Waals surface area contributed by atoms with Crippen LogP contribution in [0.15, 0.2) is 11.6 Å². The van der Waals surface area contributed by atoms with E-state index in [9.17, 15) is 0 Å². The molecule has 0 spiro atoms. The molecule has 0 saturated carbocycles. The molecule has 2 heteroatoms. The molecule has 0 aromatic carbocycles. The Bertz CT molecular complexity index is 52.0. The second-order valence-electron chi connectivity index (χ2n) is 0.937. The van der Waals surface area contributed by atoms with Crippen LogP contribution in [0.1, 0.15) is 0 Å². The maximum atomic E-state index is 5.16. The van der Waals surface area contributed by atoms with Gasteiger partial charge in [0.2, 0.25) is 0 Å². The van der Waals surface area contributed by atoms with Gasteiger partial charge in [-0.25, -0.2) is 0 Å². The zero-order chi connectivity index (χ0) is 5.54. The van der Waals surface area contributed by atoms with Gasteiger partial charge in [-0.1, -0.05) is 11.6 Å². The summed E-state index contributed by atoms with van der Waals surface area (Å²) >= 11 is 5.16. The van der Waals surface area contributed by atoms with Gasteiger partial charge in [-0.15, -0.1) is 0 Å². The smallest absolute Gasteiger partial charge is 0.0658 e. The highest BCUT2D eigenvalue weighted by molar-refractivity contribution is 6.25. The summed E-state index contributed by atoms with van der Waals surface area (Å²) in [6.07, 6.45) is 1.72. The van der Waals surface area contributed by atoms with E-state index in [1.54, 1.807) is 6.08 Å². The lowest BCUT2D eigenvalue weighted by Gasteiger charge is -1.88. The normalized spacial score (nSPS) is 10.6. The van der Waals surface area contributed by atoms with Gasteiger partial charge in [-0.3, -0.25) is 0 Å². The fraction of sp³-hybridized carbons (Fsp3) is 0.400. The fourth-order valence-corrected chi connectivity index (χ4v) is 0.260. The van der Waals surface area contributed by atoms with Gasteiger partial charge in [-0.2, -0.15) is 0 Å². The number of ether oxygens (including phenoxy) is 1. The monoisotopic (exact) mass is 119 g/mol. The largest absolute Gasteiger partial charge is 0.377 e. The average Bonchev–Trinajstić information content (AvgIpc) is 1.69. The first kappa shape index (κ1) is 6.99.